The van der Waals surface area contributed by atoms with E-state index < -0.39 is 10.0 Å². The van der Waals surface area contributed by atoms with Crippen molar-refractivity contribution in [2.45, 2.75) is 11.3 Å². The number of benzene rings is 3. The number of methoxy groups -OCH3 is 1. The number of sulfonamides is 1. The van der Waals surface area contributed by atoms with E-state index in [1.807, 2.05) is 0 Å². The van der Waals surface area contributed by atoms with Crippen LogP contribution < -0.4 is 24.2 Å². The van der Waals surface area contributed by atoms with Gasteiger partial charge in [0.1, 0.15) is 5.75 Å². The second-order valence-electron chi connectivity index (χ2n) is 7.02. The first-order chi connectivity index (χ1) is 15.4. The van der Waals surface area contributed by atoms with Crippen LogP contribution in [0.25, 0.3) is 0 Å². The average molecular weight is 455 g/mol. The maximum absolute atomic E-state index is 12.8. The molecule has 1 aliphatic rings. The summed E-state index contributed by atoms with van der Waals surface area (Å²) in [5.74, 6) is 1.31. The van der Waals surface area contributed by atoms with Crippen molar-refractivity contribution in [2.24, 2.45) is 0 Å². The Morgan fingerprint density at radius 1 is 0.875 bits per heavy atom. The van der Waals surface area contributed by atoms with Gasteiger partial charge < -0.3 is 19.5 Å². The summed E-state index contributed by atoms with van der Waals surface area (Å²) in [4.78, 5) is 12.4. The summed E-state index contributed by atoms with van der Waals surface area (Å²) < 4.78 is 44.3. The molecule has 0 aromatic heterocycles. The minimum Gasteiger partial charge on any atom is -0.497 e. The summed E-state index contributed by atoms with van der Waals surface area (Å²) in [6.45, 7) is 0.992. The maximum atomic E-state index is 12.8. The fourth-order valence-electron chi connectivity index (χ4n) is 3.09. The van der Waals surface area contributed by atoms with Crippen molar-refractivity contribution in [2.75, 3.05) is 30.4 Å². The Morgan fingerprint density at radius 3 is 2.22 bits per heavy atom. The van der Waals surface area contributed by atoms with Crippen LogP contribution in [0.3, 0.4) is 0 Å². The normalized spacial score (nSPS) is 13.0. The summed E-state index contributed by atoms with van der Waals surface area (Å²) in [6.07, 6.45) is 0.733. The third-order valence-electron chi connectivity index (χ3n) is 4.78. The summed E-state index contributed by atoms with van der Waals surface area (Å²) in [5, 5.41) is 2.77. The van der Waals surface area contributed by atoms with Crippen LogP contribution in [0.1, 0.15) is 16.8 Å². The summed E-state index contributed by atoms with van der Waals surface area (Å²) in [6, 6.07) is 17.6. The molecule has 1 heterocycles. The minimum absolute atomic E-state index is 0.0682. The van der Waals surface area contributed by atoms with E-state index in [0.29, 0.717) is 47.4 Å². The van der Waals surface area contributed by atoms with E-state index in [1.165, 1.54) is 12.1 Å². The van der Waals surface area contributed by atoms with Gasteiger partial charge in [-0.3, -0.25) is 9.52 Å². The molecule has 0 aliphatic carbocycles. The number of anilines is 2. The fraction of sp³-hybridized carbons (Fsp3) is 0.174. The van der Waals surface area contributed by atoms with Crippen molar-refractivity contribution in [1.29, 1.82) is 0 Å². The molecule has 1 aliphatic heterocycles. The van der Waals surface area contributed by atoms with Gasteiger partial charge in [-0.1, -0.05) is 0 Å². The molecule has 3 aromatic rings. The number of hydrogen-bond acceptors (Lipinski definition) is 6. The van der Waals surface area contributed by atoms with Crippen molar-refractivity contribution in [3.05, 3.63) is 72.3 Å². The third-order valence-corrected chi connectivity index (χ3v) is 6.16. The van der Waals surface area contributed by atoms with Gasteiger partial charge in [0.15, 0.2) is 11.5 Å². The molecule has 2 N–H and O–H groups in total. The van der Waals surface area contributed by atoms with E-state index in [2.05, 4.69) is 10.0 Å². The molecule has 0 unspecified atom stereocenters. The molecule has 32 heavy (non-hydrogen) atoms. The lowest BCUT2D eigenvalue weighted by molar-refractivity contribution is 0.102. The van der Waals surface area contributed by atoms with Crippen LogP contribution in [0, 0.1) is 0 Å². The number of carbonyl (C=O) groups is 1. The van der Waals surface area contributed by atoms with Gasteiger partial charge in [-0.15, -0.1) is 0 Å². The topological polar surface area (TPSA) is 103 Å². The largest absolute Gasteiger partial charge is 0.497 e. The SMILES string of the molecule is COc1ccc(C(=O)Nc2ccc(NS(=O)(=O)c3ccc4c(c3)OCCCO4)cc2)cc1. The maximum Gasteiger partial charge on any atom is 0.262 e. The standard InChI is InChI=1S/C23H22N2O6S/c1-29-19-9-3-16(4-10-19)23(26)24-17-5-7-18(8-6-17)25-32(27,28)20-11-12-21-22(15-20)31-14-2-13-30-21/h3-12,15,25H,2,13-14H2,1H3,(H,24,26). The van der Waals surface area contributed by atoms with Crippen LogP contribution in [0.15, 0.2) is 71.6 Å². The van der Waals surface area contributed by atoms with Gasteiger partial charge in [-0.05, 0) is 60.7 Å². The molecule has 4 rings (SSSR count). The van der Waals surface area contributed by atoms with E-state index in [9.17, 15) is 13.2 Å². The number of hydrogen-bond donors (Lipinski definition) is 2. The number of fused-ring (bicyclic) bond motifs is 1. The van der Waals surface area contributed by atoms with Crippen LogP contribution in [0.5, 0.6) is 17.2 Å². The number of carbonyl (C=O) groups excluding carboxylic acids is 1. The Labute approximate surface area is 186 Å². The Morgan fingerprint density at radius 2 is 1.53 bits per heavy atom. The molecule has 0 spiro atoms. The molecule has 166 valence electrons. The van der Waals surface area contributed by atoms with Crippen LogP contribution in [-0.4, -0.2) is 34.6 Å². The summed E-state index contributed by atoms with van der Waals surface area (Å²) >= 11 is 0. The Hall–Kier alpha value is -3.72. The minimum atomic E-state index is -3.83. The van der Waals surface area contributed by atoms with Gasteiger partial charge in [-0.2, -0.15) is 0 Å². The zero-order valence-corrected chi connectivity index (χ0v) is 18.1. The molecular formula is C23H22N2O6S. The van der Waals surface area contributed by atoms with Crippen molar-refractivity contribution in [3.8, 4) is 17.2 Å². The van der Waals surface area contributed by atoms with E-state index in [-0.39, 0.29) is 10.8 Å². The second-order valence-corrected chi connectivity index (χ2v) is 8.71. The Balaban J connectivity index is 1.43. The van der Waals surface area contributed by atoms with E-state index in [4.69, 9.17) is 14.2 Å². The zero-order chi connectivity index (χ0) is 22.6. The highest BCUT2D eigenvalue weighted by atomic mass is 32.2. The molecule has 8 nitrogen and oxygen atoms in total. The van der Waals surface area contributed by atoms with Gasteiger partial charge in [0.25, 0.3) is 15.9 Å². The first kappa shape index (κ1) is 21.5. The number of nitrogens with one attached hydrogen (secondary N) is 2. The van der Waals surface area contributed by atoms with Gasteiger partial charge in [-0.25, -0.2) is 8.42 Å². The highest BCUT2D eigenvalue weighted by Crippen LogP contribution is 2.32. The van der Waals surface area contributed by atoms with Crippen LogP contribution >= 0.6 is 0 Å². The lowest BCUT2D eigenvalue weighted by Gasteiger charge is -2.12. The quantitative estimate of drug-likeness (QED) is 0.585. The van der Waals surface area contributed by atoms with E-state index >= 15 is 0 Å². The van der Waals surface area contributed by atoms with Crippen LogP contribution in [0.4, 0.5) is 11.4 Å². The molecule has 9 heteroatoms. The fourth-order valence-corrected chi connectivity index (χ4v) is 4.17. The summed E-state index contributed by atoms with van der Waals surface area (Å²) in [7, 11) is -2.27. The van der Waals surface area contributed by atoms with Gasteiger partial charge in [0.05, 0.1) is 25.2 Å². The molecular weight excluding hydrogens is 432 g/mol. The van der Waals surface area contributed by atoms with E-state index in [0.717, 1.165) is 6.42 Å². The van der Waals surface area contributed by atoms with Crippen LogP contribution in [-0.2, 0) is 10.0 Å². The van der Waals surface area contributed by atoms with Crippen LogP contribution in [0.2, 0.25) is 0 Å². The third kappa shape index (κ3) is 4.94. The molecule has 0 fully saturated rings. The Bertz CT molecular complexity index is 1210. The van der Waals surface area contributed by atoms with E-state index in [1.54, 1.807) is 61.7 Å². The predicted octanol–water partition coefficient (Wildman–Crippen LogP) is 3.91. The van der Waals surface area contributed by atoms with Gasteiger partial charge in [0, 0.05) is 29.4 Å². The van der Waals surface area contributed by atoms with Gasteiger partial charge >= 0.3 is 0 Å². The molecule has 0 radical (unpaired) electrons. The Kier molecular flexibility index (Phi) is 6.18. The smallest absolute Gasteiger partial charge is 0.262 e. The average Bonchev–Trinajstić information content (AvgIpc) is 3.05. The van der Waals surface area contributed by atoms with Gasteiger partial charge in [0.2, 0.25) is 0 Å². The number of rotatable bonds is 6. The highest BCUT2D eigenvalue weighted by molar-refractivity contribution is 7.92. The first-order valence-electron chi connectivity index (χ1n) is 9.92. The van der Waals surface area contributed by atoms with Crippen molar-refractivity contribution < 1.29 is 27.4 Å². The molecule has 1 amide bonds. The molecule has 0 saturated heterocycles. The lowest BCUT2D eigenvalue weighted by Crippen LogP contribution is -2.14. The number of ether oxygens (including phenoxy) is 3. The number of amides is 1. The molecule has 3 aromatic carbocycles. The lowest BCUT2D eigenvalue weighted by atomic mass is 10.2. The zero-order valence-electron chi connectivity index (χ0n) is 17.3. The van der Waals surface area contributed by atoms with Crippen molar-refractivity contribution >= 4 is 27.3 Å². The molecule has 0 atom stereocenters. The first-order valence-corrected chi connectivity index (χ1v) is 11.4. The predicted molar refractivity (Wildman–Crippen MR) is 120 cm³/mol. The monoisotopic (exact) mass is 454 g/mol. The summed E-state index contributed by atoms with van der Waals surface area (Å²) in [5.41, 5.74) is 1.37. The second kappa shape index (κ2) is 9.19. The van der Waals surface area contributed by atoms with Crippen molar-refractivity contribution in [1.82, 2.24) is 0 Å². The van der Waals surface area contributed by atoms with Crippen molar-refractivity contribution in [3.63, 3.8) is 0 Å². The molecule has 0 bridgehead atoms. The highest BCUT2D eigenvalue weighted by Gasteiger charge is 2.19. The molecule has 0 saturated carbocycles.